The van der Waals surface area contributed by atoms with Gasteiger partial charge in [-0.3, -0.25) is 9.59 Å². The summed E-state index contributed by atoms with van der Waals surface area (Å²) in [5.41, 5.74) is 1.36. The van der Waals surface area contributed by atoms with Gasteiger partial charge in [0, 0.05) is 49.7 Å². The van der Waals surface area contributed by atoms with Gasteiger partial charge >= 0.3 is 0 Å². The Balaban J connectivity index is 1.46. The molecule has 8 nitrogen and oxygen atoms in total. The molecule has 0 atom stereocenters. The highest BCUT2D eigenvalue weighted by atomic mass is 16.6. The molecule has 2 aliphatic heterocycles. The molecule has 0 saturated carbocycles. The van der Waals surface area contributed by atoms with Crippen molar-refractivity contribution < 1.29 is 19.1 Å². The zero-order valence-electron chi connectivity index (χ0n) is 14.8. The van der Waals surface area contributed by atoms with E-state index in [-0.39, 0.29) is 5.91 Å². The van der Waals surface area contributed by atoms with Crippen molar-refractivity contribution in [1.82, 2.24) is 14.8 Å². The van der Waals surface area contributed by atoms with Crippen molar-refractivity contribution in [2.24, 2.45) is 0 Å². The van der Waals surface area contributed by atoms with Gasteiger partial charge in [-0.05, 0) is 24.3 Å². The Hall–Kier alpha value is -3.29. The van der Waals surface area contributed by atoms with Crippen LogP contribution in [0.25, 0.3) is 0 Å². The van der Waals surface area contributed by atoms with E-state index >= 15 is 0 Å². The van der Waals surface area contributed by atoms with Crippen LogP contribution >= 0.6 is 0 Å². The number of carbonyl (C=O) groups is 2. The summed E-state index contributed by atoms with van der Waals surface area (Å²) in [6, 6.07) is 9.00. The SMILES string of the molecule is O=CN1CCN(C(=O)c2ccnc(Nc3ccc4c(c3)OCCO4)c2)CC1. The molecule has 1 saturated heterocycles. The number of fused-ring (bicyclic) bond motifs is 1. The van der Waals surface area contributed by atoms with E-state index < -0.39 is 0 Å². The predicted octanol–water partition coefficient (Wildman–Crippen LogP) is 1.51. The number of aromatic nitrogens is 1. The fraction of sp³-hybridized carbons (Fsp3) is 0.316. The first-order chi connectivity index (χ1) is 13.2. The Morgan fingerprint density at radius 3 is 2.59 bits per heavy atom. The summed E-state index contributed by atoms with van der Waals surface area (Å²) in [5.74, 6) is 1.92. The van der Waals surface area contributed by atoms with E-state index in [1.165, 1.54) is 0 Å². The number of carbonyl (C=O) groups excluding carboxylic acids is 2. The minimum atomic E-state index is -0.0619. The third-order valence-corrected chi connectivity index (χ3v) is 4.57. The molecule has 8 heteroatoms. The van der Waals surface area contributed by atoms with Crippen LogP contribution in [0, 0.1) is 0 Å². The van der Waals surface area contributed by atoms with Crippen molar-refractivity contribution in [2.45, 2.75) is 0 Å². The van der Waals surface area contributed by atoms with Crippen LogP contribution in [-0.2, 0) is 4.79 Å². The van der Waals surface area contributed by atoms with Gasteiger partial charge in [-0.2, -0.15) is 0 Å². The normalized spacial score (nSPS) is 16.0. The molecule has 2 aromatic rings. The molecule has 1 fully saturated rings. The Morgan fingerprint density at radius 2 is 1.81 bits per heavy atom. The second-order valence-corrected chi connectivity index (χ2v) is 6.35. The van der Waals surface area contributed by atoms with E-state index in [4.69, 9.17) is 9.47 Å². The van der Waals surface area contributed by atoms with Gasteiger partial charge in [-0.25, -0.2) is 4.98 Å². The van der Waals surface area contributed by atoms with E-state index in [0.717, 1.165) is 17.8 Å². The molecule has 0 bridgehead atoms. The van der Waals surface area contributed by atoms with E-state index in [9.17, 15) is 9.59 Å². The first-order valence-electron chi connectivity index (χ1n) is 8.84. The van der Waals surface area contributed by atoms with Crippen molar-refractivity contribution in [3.8, 4) is 11.5 Å². The van der Waals surface area contributed by atoms with Crippen molar-refractivity contribution in [3.63, 3.8) is 0 Å². The van der Waals surface area contributed by atoms with Crippen molar-refractivity contribution >= 4 is 23.8 Å². The number of nitrogens with zero attached hydrogens (tertiary/aromatic N) is 3. The Kier molecular flexibility index (Phi) is 4.78. The maximum atomic E-state index is 12.7. The van der Waals surface area contributed by atoms with Gasteiger partial charge in [0.2, 0.25) is 6.41 Å². The first-order valence-corrected chi connectivity index (χ1v) is 8.84. The van der Waals surface area contributed by atoms with E-state index in [2.05, 4.69) is 10.3 Å². The van der Waals surface area contributed by atoms with Crippen molar-refractivity contribution in [2.75, 3.05) is 44.7 Å². The predicted molar refractivity (Wildman–Crippen MR) is 98.5 cm³/mol. The maximum Gasteiger partial charge on any atom is 0.254 e. The zero-order chi connectivity index (χ0) is 18.6. The Bertz CT molecular complexity index is 849. The van der Waals surface area contributed by atoms with Crippen LogP contribution in [0.2, 0.25) is 0 Å². The molecular formula is C19H20N4O4. The molecule has 1 aromatic carbocycles. The van der Waals surface area contributed by atoms with Gasteiger partial charge in [-0.15, -0.1) is 0 Å². The third kappa shape index (κ3) is 3.79. The molecule has 0 aliphatic carbocycles. The maximum absolute atomic E-state index is 12.7. The van der Waals surface area contributed by atoms with Crippen LogP contribution in [0.5, 0.6) is 11.5 Å². The lowest BCUT2D eigenvalue weighted by molar-refractivity contribution is -0.119. The number of pyridine rings is 1. The molecule has 140 valence electrons. The second-order valence-electron chi connectivity index (χ2n) is 6.35. The smallest absolute Gasteiger partial charge is 0.254 e. The standard InChI is InChI=1S/C19H20N4O4/c24-13-22-5-7-23(8-6-22)19(25)14-3-4-20-18(11-14)21-15-1-2-16-17(12-15)27-10-9-26-16/h1-4,11-13H,5-10H2,(H,20,21). The van der Waals surface area contributed by atoms with Gasteiger partial charge in [-0.1, -0.05) is 0 Å². The number of nitrogens with one attached hydrogen (secondary N) is 1. The molecule has 0 radical (unpaired) electrons. The zero-order valence-corrected chi connectivity index (χ0v) is 14.8. The number of ether oxygens (including phenoxy) is 2. The number of benzene rings is 1. The van der Waals surface area contributed by atoms with Gasteiger partial charge < -0.3 is 24.6 Å². The van der Waals surface area contributed by atoms with E-state index in [0.29, 0.717) is 56.5 Å². The minimum absolute atomic E-state index is 0.0619. The number of piperazine rings is 1. The summed E-state index contributed by atoms with van der Waals surface area (Å²) < 4.78 is 11.1. The van der Waals surface area contributed by atoms with Gasteiger partial charge in [0.15, 0.2) is 11.5 Å². The first kappa shape index (κ1) is 17.1. The second kappa shape index (κ2) is 7.53. The Morgan fingerprint density at radius 1 is 1.04 bits per heavy atom. The lowest BCUT2D eigenvalue weighted by atomic mass is 10.2. The summed E-state index contributed by atoms with van der Waals surface area (Å²) in [6.45, 7) is 3.25. The monoisotopic (exact) mass is 368 g/mol. The summed E-state index contributed by atoms with van der Waals surface area (Å²) in [7, 11) is 0. The average Bonchev–Trinajstić information content (AvgIpc) is 2.73. The largest absolute Gasteiger partial charge is 0.486 e. The van der Waals surface area contributed by atoms with Crippen LogP contribution in [0.1, 0.15) is 10.4 Å². The topological polar surface area (TPSA) is 84.0 Å². The molecule has 0 unspecified atom stereocenters. The minimum Gasteiger partial charge on any atom is -0.486 e. The number of rotatable bonds is 4. The number of hydrogen-bond donors (Lipinski definition) is 1. The van der Waals surface area contributed by atoms with Gasteiger partial charge in [0.05, 0.1) is 0 Å². The summed E-state index contributed by atoms with van der Waals surface area (Å²) in [5, 5.41) is 3.20. The molecule has 27 heavy (non-hydrogen) atoms. The molecule has 1 N–H and O–H groups in total. The molecule has 2 aliphatic rings. The van der Waals surface area contributed by atoms with Gasteiger partial charge in [0.25, 0.3) is 5.91 Å². The average molecular weight is 368 g/mol. The van der Waals surface area contributed by atoms with Crippen LogP contribution in [0.4, 0.5) is 11.5 Å². The van der Waals surface area contributed by atoms with Gasteiger partial charge in [0.1, 0.15) is 19.0 Å². The van der Waals surface area contributed by atoms with E-state index in [1.807, 2.05) is 18.2 Å². The molecular weight excluding hydrogens is 348 g/mol. The van der Waals surface area contributed by atoms with Crippen molar-refractivity contribution in [3.05, 3.63) is 42.1 Å². The summed E-state index contributed by atoms with van der Waals surface area (Å²) in [4.78, 5) is 31.2. The molecule has 1 aromatic heterocycles. The molecule has 0 spiro atoms. The number of anilines is 2. The van der Waals surface area contributed by atoms with E-state index in [1.54, 1.807) is 28.1 Å². The lowest BCUT2D eigenvalue weighted by Gasteiger charge is -2.32. The van der Waals surface area contributed by atoms with Crippen LogP contribution in [-0.4, -0.2) is 66.5 Å². The van der Waals surface area contributed by atoms with Crippen molar-refractivity contribution in [1.29, 1.82) is 0 Å². The number of amides is 2. The summed E-state index contributed by atoms with van der Waals surface area (Å²) >= 11 is 0. The highest BCUT2D eigenvalue weighted by molar-refractivity contribution is 5.95. The molecule has 2 amide bonds. The highest BCUT2D eigenvalue weighted by Crippen LogP contribution is 2.33. The van der Waals surface area contributed by atoms with Crippen LogP contribution in [0.15, 0.2) is 36.5 Å². The quantitative estimate of drug-likeness (QED) is 0.824. The third-order valence-electron chi connectivity index (χ3n) is 4.57. The fourth-order valence-corrected chi connectivity index (χ4v) is 3.11. The molecule has 3 heterocycles. The number of hydrogen-bond acceptors (Lipinski definition) is 6. The summed E-state index contributed by atoms with van der Waals surface area (Å²) in [6.07, 6.45) is 2.43. The molecule has 4 rings (SSSR count). The van der Waals surface area contributed by atoms with Crippen LogP contribution in [0.3, 0.4) is 0 Å². The highest BCUT2D eigenvalue weighted by Gasteiger charge is 2.21. The lowest BCUT2D eigenvalue weighted by Crippen LogP contribution is -2.48. The fourth-order valence-electron chi connectivity index (χ4n) is 3.11. The van der Waals surface area contributed by atoms with Crippen LogP contribution < -0.4 is 14.8 Å². The Labute approximate surface area is 156 Å².